The average Bonchev–Trinajstić information content (AvgIpc) is 3.59. The molecule has 4 aliphatic rings. The minimum absolute atomic E-state index is 0.0113. The van der Waals surface area contributed by atoms with E-state index in [-0.39, 0.29) is 31.5 Å². The average molecular weight is 464 g/mol. The van der Waals surface area contributed by atoms with E-state index in [9.17, 15) is 9.59 Å². The number of likely N-dealkylation sites (tertiary alicyclic amines) is 1. The number of alkyl halides is 2. The Kier molecular flexibility index (Phi) is 4.77. The van der Waals surface area contributed by atoms with Crippen molar-refractivity contribution in [3.8, 4) is 0 Å². The molecule has 1 aromatic rings. The Labute approximate surface area is 192 Å². The molecule has 1 spiro atoms. The summed E-state index contributed by atoms with van der Waals surface area (Å²) in [5.41, 5.74) is -0.235. The normalized spacial score (nSPS) is 34.4. The van der Waals surface area contributed by atoms with E-state index in [0.717, 1.165) is 11.3 Å². The van der Waals surface area contributed by atoms with Crippen molar-refractivity contribution in [1.82, 2.24) is 10.2 Å². The van der Waals surface area contributed by atoms with E-state index in [2.05, 4.69) is 10.6 Å². The van der Waals surface area contributed by atoms with Gasteiger partial charge in [0.05, 0.1) is 24.0 Å². The van der Waals surface area contributed by atoms with Crippen LogP contribution >= 0.6 is 0 Å². The molecule has 1 saturated carbocycles. The van der Waals surface area contributed by atoms with Gasteiger partial charge < -0.3 is 25.0 Å². The van der Waals surface area contributed by atoms with Gasteiger partial charge in [-0.15, -0.1) is 0 Å². The quantitative estimate of drug-likeness (QED) is 0.670. The Morgan fingerprint density at radius 2 is 2.06 bits per heavy atom. The maximum atomic E-state index is 15.1. The first kappa shape index (κ1) is 22.4. The Morgan fingerprint density at radius 1 is 1.33 bits per heavy atom. The zero-order valence-electron chi connectivity index (χ0n) is 19.5. The summed E-state index contributed by atoms with van der Waals surface area (Å²) in [5, 5.41) is 6.35. The van der Waals surface area contributed by atoms with Crippen LogP contribution < -0.4 is 10.6 Å². The number of hydrogen-bond acceptors (Lipinski definition) is 5. The SMILES string of the molecule is Cc1cc([C@@]23CCN(C(=O)OC(C)(C)C)C[C@@H]2C3(F)F)ccc1NC1CCC(=O)NC12CO2. The standard InChI is InChI=1S/C24H31F2N3O4/c1-14-11-15(5-6-16(14)27-18-7-8-19(30)28-23(18)13-32-23)22-9-10-29(12-17(22)24(22,25)26)20(31)33-21(2,3)4/h5-6,11,17-18,27H,7-10,12-13H2,1-4H3,(H,28,30)/t17-,18?,22-,23?/m0/s1. The fraction of sp³-hybridized carbons (Fsp3) is 0.667. The summed E-state index contributed by atoms with van der Waals surface area (Å²) in [6, 6.07) is 5.39. The number of nitrogens with one attached hydrogen (secondary N) is 2. The second kappa shape index (κ2) is 7.04. The summed E-state index contributed by atoms with van der Waals surface area (Å²) in [5.74, 6) is -3.80. The van der Waals surface area contributed by atoms with Crippen LogP contribution in [-0.4, -0.2) is 59.9 Å². The van der Waals surface area contributed by atoms with Crippen molar-refractivity contribution >= 4 is 17.7 Å². The number of halogens is 2. The van der Waals surface area contributed by atoms with Crippen LogP contribution in [0, 0.1) is 12.8 Å². The van der Waals surface area contributed by atoms with Crippen molar-refractivity contribution < 1.29 is 27.8 Å². The zero-order valence-corrected chi connectivity index (χ0v) is 19.5. The van der Waals surface area contributed by atoms with Gasteiger partial charge in [0, 0.05) is 25.2 Å². The Hall–Kier alpha value is -2.42. The van der Waals surface area contributed by atoms with Crippen LogP contribution in [0.1, 0.15) is 51.2 Å². The van der Waals surface area contributed by atoms with Gasteiger partial charge in [-0.3, -0.25) is 4.79 Å². The van der Waals surface area contributed by atoms with Crippen LogP contribution in [0.5, 0.6) is 0 Å². The lowest BCUT2D eigenvalue weighted by molar-refractivity contribution is -0.125. The lowest BCUT2D eigenvalue weighted by Gasteiger charge is -2.33. The molecule has 0 radical (unpaired) electrons. The number of ether oxygens (including phenoxy) is 2. The lowest BCUT2D eigenvalue weighted by atomic mass is 9.85. The highest BCUT2D eigenvalue weighted by molar-refractivity contribution is 5.78. The van der Waals surface area contributed by atoms with Crippen LogP contribution in [0.3, 0.4) is 0 Å². The maximum Gasteiger partial charge on any atom is 0.410 e. The molecule has 2 amide bonds. The van der Waals surface area contributed by atoms with Gasteiger partial charge in [0.1, 0.15) is 5.60 Å². The monoisotopic (exact) mass is 463 g/mol. The van der Waals surface area contributed by atoms with Crippen LogP contribution in [-0.2, 0) is 19.7 Å². The number of anilines is 1. The van der Waals surface area contributed by atoms with Gasteiger partial charge >= 0.3 is 6.09 Å². The number of aryl methyl sites for hydroxylation is 1. The second-order valence-electron chi connectivity index (χ2n) is 10.8. The number of nitrogens with zero attached hydrogens (tertiary/aromatic N) is 1. The molecule has 3 saturated heterocycles. The summed E-state index contributed by atoms with van der Waals surface area (Å²) in [6.45, 7) is 7.89. The third-order valence-electron chi connectivity index (χ3n) is 7.48. The van der Waals surface area contributed by atoms with Crippen molar-refractivity contribution in [3.05, 3.63) is 29.3 Å². The first-order valence-corrected chi connectivity index (χ1v) is 11.6. The predicted molar refractivity (Wildman–Crippen MR) is 117 cm³/mol. The third-order valence-corrected chi connectivity index (χ3v) is 7.48. The van der Waals surface area contributed by atoms with E-state index in [0.29, 0.717) is 25.0 Å². The molecule has 180 valence electrons. The highest BCUT2D eigenvalue weighted by Gasteiger charge is 2.82. The largest absolute Gasteiger partial charge is 0.444 e. The molecule has 3 heterocycles. The minimum Gasteiger partial charge on any atom is -0.444 e. The predicted octanol–water partition coefficient (Wildman–Crippen LogP) is 3.56. The summed E-state index contributed by atoms with van der Waals surface area (Å²) in [6.07, 6.45) is 0.732. The maximum absolute atomic E-state index is 15.1. The van der Waals surface area contributed by atoms with E-state index >= 15 is 8.78 Å². The minimum atomic E-state index is -2.87. The molecule has 5 rings (SSSR count). The van der Waals surface area contributed by atoms with Gasteiger partial charge in [0.25, 0.3) is 5.92 Å². The summed E-state index contributed by atoms with van der Waals surface area (Å²) >= 11 is 0. The molecule has 1 aromatic carbocycles. The van der Waals surface area contributed by atoms with E-state index in [1.807, 2.05) is 19.1 Å². The molecule has 0 aromatic heterocycles. The first-order chi connectivity index (χ1) is 15.4. The van der Waals surface area contributed by atoms with Crippen molar-refractivity contribution in [1.29, 1.82) is 0 Å². The zero-order chi connectivity index (χ0) is 23.8. The number of rotatable bonds is 3. The fourth-order valence-electron chi connectivity index (χ4n) is 5.52. The number of amides is 2. The summed E-state index contributed by atoms with van der Waals surface area (Å²) in [4.78, 5) is 25.5. The molecular weight excluding hydrogens is 432 g/mol. The number of piperidine rings is 2. The van der Waals surface area contributed by atoms with E-state index < -0.39 is 34.7 Å². The number of hydrogen-bond donors (Lipinski definition) is 2. The number of fused-ring (bicyclic) bond motifs is 1. The number of epoxide rings is 1. The molecule has 1 aliphatic carbocycles. The second-order valence-corrected chi connectivity index (χ2v) is 10.8. The van der Waals surface area contributed by atoms with Gasteiger partial charge in [-0.2, -0.15) is 0 Å². The Morgan fingerprint density at radius 3 is 2.67 bits per heavy atom. The van der Waals surface area contributed by atoms with Crippen LogP contribution in [0.2, 0.25) is 0 Å². The molecule has 2 N–H and O–H groups in total. The van der Waals surface area contributed by atoms with Crippen molar-refractivity contribution in [2.75, 3.05) is 25.0 Å². The smallest absolute Gasteiger partial charge is 0.410 e. The van der Waals surface area contributed by atoms with Gasteiger partial charge in [0.2, 0.25) is 5.91 Å². The Bertz CT molecular complexity index is 1000. The molecule has 0 bridgehead atoms. The molecule has 33 heavy (non-hydrogen) atoms. The van der Waals surface area contributed by atoms with Crippen LogP contribution in [0.4, 0.5) is 19.3 Å². The van der Waals surface area contributed by atoms with E-state index in [1.165, 1.54) is 4.90 Å². The van der Waals surface area contributed by atoms with Gasteiger partial charge in [-0.1, -0.05) is 12.1 Å². The number of carbonyl (C=O) groups excluding carboxylic acids is 2. The fourth-order valence-corrected chi connectivity index (χ4v) is 5.52. The first-order valence-electron chi connectivity index (χ1n) is 11.6. The molecular formula is C24H31F2N3O4. The Balaban J connectivity index is 1.31. The van der Waals surface area contributed by atoms with Crippen LogP contribution in [0.15, 0.2) is 18.2 Å². The number of carbonyl (C=O) groups is 2. The molecule has 9 heteroatoms. The summed E-state index contributed by atoms with van der Waals surface area (Å²) < 4.78 is 41.1. The molecule has 4 atom stereocenters. The van der Waals surface area contributed by atoms with Gasteiger partial charge in [-0.25, -0.2) is 13.6 Å². The molecule has 7 nitrogen and oxygen atoms in total. The highest BCUT2D eigenvalue weighted by atomic mass is 19.3. The van der Waals surface area contributed by atoms with Gasteiger partial charge in [0.15, 0.2) is 5.72 Å². The molecule has 2 unspecified atom stereocenters. The van der Waals surface area contributed by atoms with Crippen molar-refractivity contribution in [2.24, 2.45) is 5.92 Å². The van der Waals surface area contributed by atoms with Crippen molar-refractivity contribution in [2.45, 2.75) is 75.7 Å². The third kappa shape index (κ3) is 3.55. The topological polar surface area (TPSA) is 83.2 Å². The van der Waals surface area contributed by atoms with E-state index in [4.69, 9.17) is 9.47 Å². The summed E-state index contributed by atoms with van der Waals surface area (Å²) in [7, 11) is 0. The molecule has 3 aliphatic heterocycles. The molecule has 4 fully saturated rings. The van der Waals surface area contributed by atoms with E-state index in [1.54, 1.807) is 26.8 Å². The highest BCUT2D eigenvalue weighted by Crippen LogP contribution is 2.70. The van der Waals surface area contributed by atoms with Crippen LogP contribution in [0.25, 0.3) is 0 Å². The number of benzene rings is 1. The van der Waals surface area contributed by atoms with Crippen molar-refractivity contribution in [3.63, 3.8) is 0 Å². The van der Waals surface area contributed by atoms with Gasteiger partial charge in [-0.05, 0) is 57.7 Å². The lowest BCUT2D eigenvalue weighted by Crippen LogP contribution is -2.54.